The van der Waals surface area contributed by atoms with Gasteiger partial charge in [-0.25, -0.2) is 0 Å². The molecule has 0 fully saturated rings. The molecule has 1 atom stereocenters. The number of aromatic nitrogens is 2. The van der Waals surface area contributed by atoms with Gasteiger partial charge >= 0.3 is 0 Å². The zero-order valence-corrected chi connectivity index (χ0v) is 14.4. The first-order valence-electron chi connectivity index (χ1n) is 7.49. The Morgan fingerprint density at radius 2 is 1.96 bits per heavy atom. The molecule has 0 radical (unpaired) electrons. The summed E-state index contributed by atoms with van der Waals surface area (Å²) < 4.78 is 0.946. The molecule has 0 bridgehead atoms. The van der Waals surface area contributed by atoms with Crippen molar-refractivity contribution in [1.29, 1.82) is 0 Å². The van der Waals surface area contributed by atoms with Gasteiger partial charge in [0.15, 0.2) is 5.69 Å². The number of carbonyl (C=O) groups is 1. The van der Waals surface area contributed by atoms with Crippen LogP contribution in [0.5, 0.6) is 5.75 Å². The van der Waals surface area contributed by atoms with Crippen molar-refractivity contribution >= 4 is 27.5 Å². The van der Waals surface area contributed by atoms with E-state index in [9.17, 15) is 9.90 Å². The number of aryl methyl sites for hydroxylation is 1. The standard InChI is InChI=1S/C18H14BrN3O2/c1-10-15-16(21-20-10)18(24)22(13-7-5-12(19)6-8-13)17(15)11-3-2-4-14(23)9-11/h2-9,17,23H,1H3,(H,20,21)/t17-/m1/s1. The Hall–Kier alpha value is -2.60. The minimum atomic E-state index is -0.320. The van der Waals surface area contributed by atoms with Gasteiger partial charge in [-0.2, -0.15) is 5.10 Å². The maximum atomic E-state index is 12.9. The zero-order chi connectivity index (χ0) is 16.8. The van der Waals surface area contributed by atoms with Gasteiger partial charge in [0.05, 0.1) is 6.04 Å². The van der Waals surface area contributed by atoms with Crippen LogP contribution in [0.1, 0.15) is 33.4 Å². The normalized spacial score (nSPS) is 16.5. The van der Waals surface area contributed by atoms with Crippen molar-refractivity contribution in [2.75, 3.05) is 4.90 Å². The predicted octanol–water partition coefficient (Wildman–Crippen LogP) is 3.94. The highest BCUT2D eigenvalue weighted by atomic mass is 79.9. The molecular formula is C18H14BrN3O2. The van der Waals surface area contributed by atoms with Gasteiger partial charge in [0.25, 0.3) is 5.91 Å². The van der Waals surface area contributed by atoms with Crippen LogP contribution in [0.2, 0.25) is 0 Å². The highest BCUT2D eigenvalue weighted by Crippen LogP contribution is 2.42. The summed E-state index contributed by atoms with van der Waals surface area (Å²) in [6, 6.07) is 14.3. The quantitative estimate of drug-likeness (QED) is 0.703. The second-order valence-corrected chi connectivity index (χ2v) is 6.68. The fourth-order valence-electron chi connectivity index (χ4n) is 3.17. The Balaban J connectivity index is 1.91. The van der Waals surface area contributed by atoms with Gasteiger partial charge < -0.3 is 5.11 Å². The number of halogens is 1. The van der Waals surface area contributed by atoms with E-state index in [1.54, 1.807) is 23.1 Å². The van der Waals surface area contributed by atoms with E-state index in [-0.39, 0.29) is 17.7 Å². The van der Waals surface area contributed by atoms with Gasteiger partial charge in [-0.15, -0.1) is 0 Å². The minimum Gasteiger partial charge on any atom is -0.508 e. The summed E-state index contributed by atoms with van der Waals surface area (Å²) in [6.45, 7) is 1.90. The number of nitrogens with one attached hydrogen (secondary N) is 1. The first-order chi connectivity index (χ1) is 11.6. The van der Waals surface area contributed by atoms with Crippen molar-refractivity contribution < 1.29 is 9.90 Å². The highest BCUT2D eigenvalue weighted by molar-refractivity contribution is 9.10. The van der Waals surface area contributed by atoms with Crippen LogP contribution in [0.3, 0.4) is 0 Å². The molecule has 5 nitrogen and oxygen atoms in total. The lowest BCUT2D eigenvalue weighted by atomic mass is 9.98. The lowest BCUT2D eigenvalue weighted by molar-refractivity contribution is 0.0988. The number of aromatic amines is 1. The Morgan fingerprint density at radius 3 is 2.67 bits per heavy atom. The molecule has 4 rings (SSSR count). The number of carbonyl (C=O) groups excluding carboxylic acids is 1. The van der Waals surface area contributed by atoms with Gasteiger partial charge in [0.1, 0.15) is 5.75 Å². The molecule has 1 aromatic heterocycles. The van der Waals surface area contributed by atoms with E-state index in [4.69, 9.17) is 0 Å². The number of fused-ring (bicyclic) bond motifs is 1. The van der Waals surface area contributed by atoms with Crippen LogP contribution >= 0.6 is 15.9 Å². The fraction of sp³-hybridized carbons (Fsp3) is 0.111. The third-order valence-corrected chi connectivity index (χ3v) is 4.77. The van der Waals surface area contributed by atoms with Crippen molar-refractivity contribution in [3.63, 3.8) is 0 Å². The van der Waals surface area contributed by atoms with E-state index in [1.807, 2.05) is 37.3 Å². The average Bonchev–Trinajstić information content (AvgIpc) is 3.07. The van der Waals surface area contributed by atoms with E-state index in [0.717, 1.165) is 27.0 Å². The molecule has 2 heterocycles. The number of rotatable bonds is 2. The summed E-state index contributed by atoms with van der Waals surface area (Å²) in [6.07, 6.45) is 0. The molecule has 24 heavy (non-hydrogen) atoms. The lowest BCUT2D eigenvalue weighted by Crippen LogP contribution is -2.29. The summed E-state index contributed by atoms with van der Waals surface area (Å²) in [4.78, 5) is 14.7. The first kappa shape index (κ1) is 15.0. The third-order valence-electron chi connectivity index (χ3n) is 4.24. The molecule has 0 spiro atoms. The smallest absolute Gasteiger partial charge is 0.279 e. The summed E-state index contributed by atoms with van der Waals surface area (Å²) in [5.41, 5.74) is 3.77. The molecule has 2 N–H and O–H groups in total. The lowest BCUT2D eigenvalue weighted by Gasteiger charge is -2.26. The summed E-state index contributed by atoms with van der Waals surface area (Å²) in [5, 5.41) is 16.9. The van der Waals surface area contributed by atoms with Gasteiger partial charge in [-0.3, -0.25) is 14.8 Å². The van der Waals surface area contributed by atoms with Crippen molar-refractivity contribution in [2.45, 2.75) is 13.0 Å². The van der Waals surface area contributed by atoms with Crippen LogP contribution in [0.25, 0.3) is 0 Å². The average molecular weight is 384 g/mol. The number of hydrogen-bond acceptors (Lipinski definition) is 3. The molecular weight excluding hydrogens is 370 g/mol. The Labute approximate surface area is 147 Å². The number of benzene rings is 2. The van der Waals surface area contributed by atoms with E-state index in [0.29, 0.717) is 5.69 Å². The summed E-state index contributed by atoms with van der Waals surface area (Å²) in [5.74, 6) is 0.0234. The van der Waals surface area contributed by atoms with E-state index < -0.39 is 0 Å². The first-order valence-corrected chi connectivity index (χ1v) is 8.28. The molecule has 1 aliphatic heterocycles. The van der Waals surface area contributed by atoms with Gasteiger partial charge in [-0.1, -0.05) is 28.1 Å². The Kier molecular flexibility index (Phi) is 3.42. The maximum Gasteiger partial charge on any atom is 0.279 e. The topological polar surface area (TPSA) is 69.2 Å². The SMILES string of the molecule is Cc1[nH]nc2c1[C@@H](c1cccc(O)c1)N(c1ccc(Br)cc1)C2=O. The molecule has 1 amide bonds. The van der Waals surface area contributed by atoms with Crippen molar-refractivity contribution in [3.8, 4) is 5.75 Å². The number of H-pyrrole nitrogens is 1. The van der Waals surface area contributed by atoms with Crippen molar-refractivity contribution in [2.24, 2.45) is 0 Å². The number of hydrogen-bond donors (Lipinski definition) is 2. The van der Waals surface area contributed by atoms with Gasteiger partial charge in [0.2, 0.25) is 0 Å². The second-order valence-electron chi connectivity index (χ2n) is 5.76. The van der Waals surface area contributed by atoms with Crippen molar-refractivity contribution in [1.82, 2.24) is 10.2 Å². The van der Waals surface area contributed by atoms with Gasteiger partial charge in [0, 0.05) is 21.4 Å². The van der Waals surface area contributed by atoms with Crippen LogP contribution in [0.4, 0.5) is 5.69 Å². The number of phenols is 1. The molecule has 0 saturated heterocycles. The number of anilines is 1. The van der Waals surface area contributed by atoms with Crippen LogP contribution in [0.15, 0.2) is 53.0 Å². The molecule has 6 heteroatoms. The highest BCUT2D eigenvalue weighted by Gasteiger charge is 2.42. The minimum absolute atomic E-state index is 0.148. The van der Waals surface area contributed by atoms with E-state index >= 15 is 0 Å². The largest absolute Gasteiger partial charge is 0.508 e. The maximum absolute atomic E-state index is 12.9. The number of nitrogens with zero attached hydrogens (tertiary/aromatic N) is 2. The van der Waals surface area contributed by atoms with Crippen LogP contribution in [-0.4, -0.2) is 21.2 Å². The summed E-state index contributed by atoms with van der Waals surface area (Å²) in [7, 11) is 0. The van der Waals surface area contributed by atoms with E-state index in [2.05, 4.69) is 26.1 Å². The third kappa shape index (κ3) is 2.22. The van der Waals surface area contributed by atoms with Crippen LogP contribution in [-0.2, 0) is 0 Å². The molecule has 1 aliphatic rings. The number of amides is 1. The molecule has 2 aromatic carbocycles. The second kappa shape index (κ2) is 5.49. The van der Waals surface area contributed by atoms with Crippen LogP contribution < -0.4 is 4.90 Å². The van der Waals surface area contributed by atoms with E-state index in [1.165, 1.54) is 0 Å². The van der Waals surface area contributed by atoms with Crippen LogP contribution in [0, 0.1) is 6.92 Å². The Bertz CT molecular complexity index is 934. The molecule has 0 unspecified atom stereocenters. The predicted molar refractivity (Wildman–Crippen MR) is 94.2 cm³/mol. The molecule has 0 aliphatic carbocycles. The fourth-order valence-corrected chi connectivity index (χ4v) is 3.44. The zero-order valence-electron chi connectivity index (χ0n) is 12.8. The molecule has 0 saturated carbocycles. The summed E-state index contributed by atoms with van der Waals surface area (Å²) >= 11 is 3.42. The number of phenolic OH excluding ortho intramolecular Hbond substituents is 1. The molecule has 3 aromatic rings. The Morgan fingerprint density at radius 1 is 1.21 bits per heavy atom. The number of aromatic hydroxyl groups is 1. The monoisotopic (exact) mass is 383 g/mol. The van der Waals surface area contributed by atoms with Gasteiger partial charge in [-0.05, 0) is 48.9 Å². The molecule has 120 valence electrons. The van der Waals surface area contributed by atoms with Crippen molar-refractivity contribution in [3.05, 3.63) is 75.5 Å².